The fraction of sp³-hybridized carbons (Fsp3) is 0.286. The molecule has 0 saturated carbocycles. The number of fused-ring (bicyclic) bond motifs is 1. The Morgan fingerprint density at radius 1 is 1.21 bits per heavy atom. The topological polar surface area (TPSA) is 73.2 Å². The minimum atomic E-state index is -0.503. The van der Waals surface area contributed by atoms with Gasteiger partial charge >= 0.3 is 0 Å². The molecule has 0 spiro atoms. The monoisotopic (exact) mass is 431 g/mol. The highest BCUT2D eigenvalue weighted by molar-refractivity contribution is 8.00. The molecular weight excluding hydrogens is 410 g/mol. The van der Waals surface area contributed by atoms with E-state index in [9.17, 15) is 9.59 Å². The number of carbonyl (C=O) groups excluding carboxylic acids is 1. The number of amides is 1. The fourth-order valence-electron chi connectivity index (χ4n) is 2.89. The largest absolute Gasteiger partial charge is 0.495 e. The summed E-state index contributed by atoms with van der Waals surface area (Å²) in [7, 11) is 1.53. The lowest BCUT2D eigenvalue weighted by atomic mass is 10.2. The summed E-state index contributed by atoms with van der Waals surface area (Å²) in [5.74, 6) is 0.274. The van der Waals surface area contributed by atoms with Crippen LogP contribution in [0.1, 0.15) is 26.8 Å². The summed E-state index contributed by atoms with van der Waals surface area (Å²) >= 11 is 7.27. The van der Waals surface area contributed by atoms with E-state index in [1.54, 1.807) is 41.8 Å². The Morgan fingerprint density at radius 2 is 1.93 bits per heavy atom. The minimum absolute atomic E-state index is 0.0922. The van der Waals surface area contributed by atoms with Gasteiger partial charge in [0.25, 0.3) is 5.56 Å². The van der Waals surface area contributed by atoms with E-state index >= 15 is 0 Å². The van der Waals surface area contributed by atoms with E-state index < -0.39 is 5.25 Å². The predicted octanol–water partition coefficient (Wildman–Crippen LogP) is 4.76. The lowest BCUT2D eigenvalue weighted by molar-refractivity contribution is -0.115. The van der Waals surface area contributed by atoms with Gasteiger partial charge in [-0.05, 0) is 51.1 Å². The first kappa shape index (κ1) is 21.2. The summed E-state index contributed by atoms with van der Waals surface area (Å²) in [5, 5.41) is 3.89. The van der Waals surface area contributed by atoms with Crippen LogP contribution in [0.3, 0.4) is 0 Å². The van der Waals surface area contributed by atoms with Crippen LogP contribution in [-0.4, -0.2) is 27.8 Å². The van der Waals surface area contributed by atoms with Gasteiger partial charge in [0.15, 0.2) is 5.16 Å². The average Bonchev–Trinajstić information content (AvgIpc) is 2.68. The maximum Gasteiger partial charge on any atom is 0.262 e. The lowest BCUT2D eigenvalue weighted by Gasteiger charge is -2.19. The number of thioether (sulfide) groups is 1. The molecule has 0 radical (unpaired) electrons. The molecular formula is C21H22ClN3O3S. The number of nitrogens with zero attached hydrogens (tertiary/aromatic N) is 2. The van der Waals surface area contributed by atoms with Crippen LogP contribution in [0.2, 0.25) is 5.02 Å². The number of benzene rings is 2. The van der Waals surface area contributed by atoms with Crippen molar-refractivity contribution in [3.05, 3.63) is 57.8 Å². The zero-order chi connectivity index (χ0) is 21.1. The van der Waals surface area contributed by atoms with Gasteiger partial charge in [0.2, 0.25) is 5.91 Å². The van der Waals surface area contributed by atoms with Gasteiger partial charge in [-0.3, -0.25) is 14.2 Å². The molecule has 0 unspecified atom stereocenters. The lowest BCUT2D eigenvalue weighted by Crippen LogP contribution is -2.28. The molecule has 0 fully saturated rings. The first-order valence-electron chi connectivity index (χ1n) is 9.14. The van der Waals surface area contributed by atoms with Crippen LogP contribution in [0, 0.1) is 0 Å². The van der Waals surface area contributed by atoms with Gasteiger partial charge in [-0.15, -0.1) is 0 Å². The molecule has 1 atom stereocenters. The van der Waals surface area contributed by atoms with Gasteiger partial charge < -0.3 is 10.1 Å². The van der Waals surface area contributed by atoms with Crippen molar-refractivity contribution >= 4 is 45.9 Å². The van der Waals surface area contributed by atoms with Crippen molar-refractivity contribution in [3.63, 3.8) is 0 Å². The van der Waals surface area contributed by atoms with E-state index in [0.29, 0.717) is 32.5 Å². The Kier molecular flexibility index (Phi) is 6.49. The number of anilines is 1. The van der Waals surface area contributed by atoms with Gasteiger partial charge in [-0.2, -0.15) is 0 Å². The second-order valence-electron chi connectivity index (χ2n) is 6.77. The first-order valence-corrected chi connectivity index (χ1v) is 10.4. The molecule has 29 heavy (non-hydrogen) atoms. The number of carbonyl (C=O) groups is 1. The number of nitrogens with one attached hydrogen (secondary N) is 1. The Balaban J connectivity index is 1.90. The van der Waals surface area contributed by atoms with Gasteiger partial charge in [-0.1, -0.05) is 35.5 Å². The number of rotatable bonds is 6. The van der Waals surface area contributed by atoms with Crippen molar-refractivity contribution in [2.24, 2.45) is 0 Å². The van der Waals surface area contributed by atoms with Crippen molar-refractivity contribution in [1.29, 1.82) is 0 Å². The molecule has 1 amide bonds. The third-order valence-electron chi connectivity index (χ3n) is 4.36. The van der Waals surface area contributed by atoms with Gasteiger partial charge in [0, 0.05) is 11.1 Å². The third kappa shape index (κ3) is 4.57. The van der Waals surface area contributed by atoms with Crippen molar-refractivity contribution < 1.29 is 9.53 Å². The van der Waals surface area contributed by atoms with Crippen molar-refractivity contribution in [3.8, 4) is 5.75 Å². The summed E-state index contributed by atoms with van der Waals surface area (Å²) in [5.41, 5.74) is 0.989. The number of hydrogen-bond acceptors (Lipinski definition) is 5. The molecule has 6 nitrogen and oxygen atoms in total. The van der Waals surface area contributed by atoms with Gasteiger partial charge in [0.1, 0.15) is 5.75 Å². The second kappa shape index (κ2) is 8.88. The SMILES string of the molecule is COc1ccc(Cl)cc1NC(=O)[C@@H](C)Sc1nc2ccccc2c(=O)n1C(C)C. The number of para-hydroxylation sites is 1. The zero-order valence-corrected chi connectivity index (χ0v) is 18.2. The molecule has 1 aromatic heterocycles. The van der Waals surface area contributed by atoms with Gasteiger partial charge in [-0.25, -0.2) is 4.98 Å². The van der Waals surface area contributed by atoms with Crippen LogP contribution < -0.4 is 15.6 Å². The van der Waals surface area contributed by atoms with Crippen molar-refractivity contribution in [2.75, 3.05) is 12.4 Å². The molecule has 3 rings (SSSR count). The van der Waals surface area contributed by atoms with E-state index in [2.05, 4.69) is 10.3 Å². The Morgan fingerprint density at radius 3 is 2.62 bits per heavy atom. The number of hydrogen-bond donors (Lipinski definition) is 1. The molecule has 0 aliphatic heterocycles. The van der Waals surface area contributed by atoms with Crippen molar-refractivity contribution in [1.82, 2.24) is 9.55 Å². The molecule has 0 aliphatic rings. The zero-order valence-electron chi connectivity index (χ0n) is 16.6. The molecule has 152 valence electrons. The smallest absolute Gasteiger partial charge is 0.262 e. The van der Waals surface area contributed by atoms with Crippen LogP contribution in [0.4, 0.5) is 5.69 Å². The molecule has 0 aliphatic carbocycles. The number of methoxy groups -OCH3 is 1. The molecule has 0 bridgehead atoms. The molecule has 2 aromatic carbocycles. The van der Waals surface area contributed by atoms with Crippen LogP contribution in [0.5, 0.6) is 5.75 Å². The van der Waals surface area contributed by atoms with E-state index in [4.69, 9.17) is 16.3 Å². The Hall–Kier alpha value is -2.51. The highest BCUT2D eigenvalue weighted by atomic mass is 35.5. The second-order valence-corrected chi connectivity index (χ2v) is 8.52. The Labute approximate surface area is 178 Å². The summed E-state index contributed by atoms with van der Waals surface area (Å²) in [6.07, 6.45) is 0. The third-order valence-corrected chi connectivity index (χ3v) is 5.66. The fourth-order valence-corrected chi connectivity index (χ4v) is 4.10. The first-order chi connectivity index (χ1) is 13.8. The summed E-state index contributed by atoms with van der Waals surface area (Å²) in [6, 6.07) is 12.1. The average molecular weight is 432 g/mol. The number of halogens is 1. The predicted molar refractivity (Wildman–Crippen MR) is 118 cm³/mol. The highest BCUT2D eigenvalue weighted by Gasteiger charge is 2.21. The van der Waals surface area contributed by atoms with Crippen LogP contribution in [0.25, 0.3) is 10.9 Å². The quantitative estimate of drug-likeness (QED) is 0.450. The molecule has 3 aromatic rings. The van der Waals surface area contributed by atoms with E-state index in [-0.39, 0.29) is 17.5 Å². The van der Waals surface area contributed by atoms with E-state index in [1.165, 1.54) is 18.9 Å². The molecule has 1 heterocycles. The molecule has 0 saturated heterocycles. The summed E-state index contributed by atoms with van der Waals surface area (Å²) < 4.78 is 6.90. The normalized spacial score (nSPS) is 12.2. The summed E-state index contributed by atoms with van der Waals surface area (Å²) in [6.45, 7) is 5.61. The van der Waals surface area contributed by atoms with E-state index in [1.807, 2.05) is 26.0 Å². The van der Waals surface area contributed by atoms with Crippen molar-refractivity contribution in [2.45, 2.75) is 37.2 Å². The maximum atomic E-state index is 12.9. The summed E-state index contributed by atoms with van der Waals surface area (Å²) in [4.78, 5) is 30.3. The van der Waals surface area contributed by atoms with Crippen LogP contribution in [0.15, 0.2) is 52.4 Å². The minimum Gasteiger partial charge on any atom is -0.495 e. The standard InChI is InChI=1S/C21H22ClN3O3S/c1-12(2)25-20(27)15-7-5-6-8-16(15)24-21(25)29-13(3)19(26)23-17-11-14(22)9-10-18(17)28-4/h5-13H,1-4H3,(H,23,26)/t13-/m1/s1. The maximum absolute atomic E-state index is 12.9. The Bertz CT molecular complexity index is 1110. The van der Waals surface area contributed by atoms with E-state index in [0.717, 1.165) is 0 Å². The molecule has 8 heteroatoms. The highest BCUT2D eigenvalue weighted by Crippen LogP contribution is 2.30. The van der Waals surface area contributed by atoms with Crippen LogP contribution >= 0.6 is 23.4 Å². The van der Waals surface area contributed by atoms with Gasteiger partial charge in [0.05, 0.1) is 29.0 Å². The number of ether oxygens (including phenoxy) is 1. The van der Waals surface area contributed by atoms with Crippen LogP contribution in [-0.2, 0) is 4.79 Å². The number of aromatic nitrogens is 2. The molecule has 1 N–H and O–H groups in total.